The number of aryl methyl sites for hydroxylation is 1. The summed E-state index contributed by atoms with van der Waals surface area (Å²) in [5.41, 5.74) is 9.40. The Morgan fingerprint density at radius 2 is 2.13 bits per heavy atom. The van der Waals surface area contributed by atoms with Crippen LogP contribution >= 0.6 is 0 Å². The van der Waals surface area contributed by atoms with E-state index in [-0.39, 0.29) is 5.97 Å². The minimum absolute atomic E-state index is 0.191. The number of rotatable bonds is 5. The van der Waals surface area contributed by atoms with Crippen molar-refractivity contribution in [2.75, 3.05) is 18.2 Å². The van der Waals surface area contributed by atoms with Crippen LogP contribution in [0.15, 0.2) is 18.2 Å². The third-order valence-corrected chi connectivity index (χ3v) is 4.71. The lowest BCUT2D eigenvalue weighted by atomic mass is 9.70. The molecule has 1 saturated carbocycles. The molecule has 0 amide bonds. The van der Waals surface area contributed by atoms with Gasteiger partial charge in [-0.1, -0.05) is 26.8 Å². The highest BCUT2D eigenvalue weighted by Crippen LogP contribution is 2.40. The van der Waals surface area contributed by atoms with E-state index in [1.165, 1.54) is 26.4 Å². The van der Waals surface area contributed by atoms with Gasteiger partial charge in [-0.15, -0.1) is 0 Å². The summed E-state index contributed by atoms with van der Waals surface area (Å²) in [4.78, 5) is 11.2. The van der Waals surface area contributed by atoms with E-state index < -0.39 is 0 Å². The molecule has 0 bridgehead atoms. The van der Waals surface area contributed by atoms with Gasteiger partial charge in [0.2, 0.25) is 0 Å². The van der Waals surface area contributed by atoms with Gasteiger partial charge in [0.05, 0.1) is 18.5 Å². The zero-order valence-corrected chi connectivity index (χ0v) is 14.8. The molecule has 0 unspecified atom stereocenters. The maximum absolute atomic E-state index is 11.2. The van der Waals surface area contributed by atoms with Crippen LogP contribution in [0.25, 0.3) is 0 Å². The van der Waals surface area contributed by atoms with Crippen LogP contribution in [0.2, 0.25) is 0 Å². The first kappa shape index (κ1) is 17.6. The highest BCUT2D eigenvalue weighted by atomic mass is 16.5. The molecule has 0 saturated heterocycles. The number of hydrogen-bond donors (Lipinski definition) is 2. The Hall–Kier alpha value is -1.71. The van der Waals surface area contributed by atoms with Crippen molar-refractivity contribution in [2.45, 2.75) is 58.9 Å². The summed E-state index contributed by atoms with van der Waals surface area (Å²) >= 11 is 0. The van der Waals surface area contributed by atoms with E-state index in [1.54, 1.807) is 0 Å². The third-order valence-electron chi connectivity index (χ3n) is 4.71. The molecule has 1 aromatic carbocycles. The van der Waals surface area contributed by atoms with Gasteiger partial charge in [-0.2, -0.15) is 0 Å². The van der Waals surface area contributed by atoms with Crippen molar-refractivity contribution in [1.29, 1.82) is 0 Å². The Kier molecular flexibility index (Phi) is 5.55. The number of methoxy groups -OCH3 is 1. The summed E-state index contributed by atoms with van der Waals surface area (Å²) in [5.74, 6) is 0.543. The third kappa shape index (κ3) is 5.15. The van der Waals surface area contributed by atoms with E-state index >= 15 is 0 Å². The molecule has 2 rings (SSSR count). The molecule has 0 radical (unpaired) electrons. The van der Waals surface area contributed by atoms with Crippen LogP contribution in [-0.4, -0.2) is 19.1 Å². The molecule has 1 aliphatic rings. The number of benzene rings is 1. The van der Waals surface area contributed by atoms with Crippen LogP contribution in [-0.2, 0) is 16.0 Å². The molecule has 4 nitrogen and oxygen atoms in total. The standard InChI is InChI=1S/C19H30N2O2/c1-13-9-15(12-19(2,3)11-13)21-17-7-5-14(10-16(17)20)6-8-18(22)23-4/h5,7,10,13,15,21H,6,8-9,11-12,20H2,1-4H3/t13-,15+/m1/s1. The van der Waals surface area contributed by atoms with Crippen molar-refractivity contribution in [1.82, 2.24) is 0 Å². The Labute approximate surface area is 139 Å². The Morgan fingerprint density at radius 1 is 1.39 bits per heavy atom. The van der Waals surface area contributed by atoms with Crippen molar-refractivity contribution < 1.29 is 9.53 Å². The number of nitrogens with two attached hydrogens (primary N) is 1. The number of esters is 1. The van der Waals surface area contributed by atoms with Gasteiger partial charge in [-0.3, -0.25) is 4.79 Å². The fourth-order valence-corrected chi connectivity index (χ4v) is 3.92. The number of carbonyl (C=O) groups is 1. The smallest absolute Gasteiger partial charge is 0.305 e. The molecule has 1 aliphatic carbocycles. The molecule has 1 aromatic rings. The van der Waals surface area contributed by atoms with E-state index in [1.807, 2.05) is 18.2 Å². The molecule has 0 heterocycles. The van der Waals surface area contributed by atoms with Crippen LogP contribution < -0.4 is 11.1 Å². The summed E-state index contributed by atoms with van der Waals surface area (Å²) in [5, 5.41) is 3.62. The zero-order valence-electron chi connectivity index (χ0n) is 14.8. The van der Waals surface area contributed by atoms with Gasteiger partial charge in [-0.25, -0.2) is 0 Å². The molecule has 1 fully saturated rings. The maximum Gasteiger partial charge on any atom is 0.305 e. The molecule has 3 N–H and O–H groups in total. The van der Waals surface area contributed by atoms with Gasteiger partial charge in [0.25, 0.3) is 0 Å². The highest BCUT2D eigenvalue weighted by Gasteiger charge is 2.32. The van der Waals surface area contributed by atoms with Gasteiger partial charge < -0.3 is 15.8 Å². The van der Waals surface area contributed by atoms with Crippen LogP contribution in [0, 0.1) is 11.3 Å². The Morgan fingerprint density at radius 3 is 2.74 bits per heavy atom. The first-order chi connectivity index (χ1) is 10.8. The predicted molar refractivity (Wildman–Crippen MR) is 95.4 cm³/mol. The molecule has 23 heavy (non-hydrogen) atoms. The van der Waals surface area contributed by atoms with E-state index in [0.29, 0.717) is 24.3 Å². The number of hydrogen-bond acceptors (Lipinski definition) is 4. The molecule has 0 aromatic heterocycles. The minimum atomic E-state index is -0.191. The summed E-state index contributed by atoms with van der Waals surface area (Å²) < 4.78 is 4.67. The average Bonchev–Trinajstić information content (AvgIpc) is 2.45. The van der Waals surface area contributed by atoms with Gasteiger partial charge in [0.1, 0.15) is 0 Å². The first-order valence-corrected chi connectivity index (χ1v) is 8.51. The summed E-state index contributed by atoms with van der Waals surface area (Å²) in [6.07, 6.45) is 4.68. The summed E-state index contributed by atoms with van der Waals surface area (Å²) in [6, 6.07) is 6.51. The van der Waals surface area contributed by atoms with Crippen molar-refractivity contribution in [2.24, 2.45) is 11.3 Å². The van der Waals surface area contributed by atoms with Crippen LogP contribution in [0.1, 0.15) is 52.0 Å². The lowest BCUT2D eigenvalue weighted by Gasteiger charge is -2.39. The first-order valence-electron chi connectivity index (χ1n) is 8.51. The average molecular weight is 318 g/mol. The molecule has 0 spiro atoms. The minimum Gasteiger partial charge on any atom is -0.469 e. The normalized spacial score (nSPS) is 23.3. The van der Waals surface area contributed by atoms with Gasteiger partial charge in [0, 0.05) is 12.5 Å². The lowest BCUT2D eigenvalue weighted by molar-refractivity contribution is -0.140. The highest BCUT2D eigenvalue weighted by molar-refractivity contribution is 5.70. The number of nitrogens with one attached hydrogen (secondary N) is 1. The molecule has 0 aliphatic heterocycles. The Bertz CT molecular complexity index is 554. The second-order valence-electron chi connectivity index (χ2n) is 7.75. The topological polar surface area (TPSA) is 64.3 Å². The fraction of sp³-hybridized carbons (Fsp3) is 0.632. The van der Waals surface area contributed by atoms with Crippen LogP contribution in [0.5, 0.6) is 0 Å². The summed E-state index contributed by atoms with van der Waals surface area (Å²) in [6.45, 7) is 7.02. The lowest BCUT2D eigenvalue weighted by Crippen LogP contribution is -2.35. The predicted octanol–water partition coefficient (Wildman–Crippen LogP) is 4.00. The van der Waals surface area contributed by atoms with E-state index in [0.717, 1.165) is 22.9 Å². The van der Waals surface area contributed by atoms with E-state index in [9.17, 15) is 4.79 Å². The largest absolute Gasteiger partial charge is 0.469 e. The SMILES string of the molecule is COC(=O)CCc1ccc(N[C@H]2C[C@@H](C)CC(C)(C)C2)c(N)c1. The Balaban J connectivity index is 1.99. The van der Waals surface area contributed by atoms with Crippen molar-refractivity contribution >= 4 is 17.3 Å². The van der Waals surface area contributed by atoms with Gasteiger partial charge in [0.15, 0.2) is 0 Å². The number of anilines is 2. The molecule has 2 atom stereocenters. The number of ether oxygens (including phenoxy) is 1. The van der Waals surface area contributed by atoms with E-state index in [2.05, 4.69) is 30.8 Å². The van der Waals surface area contributed by atoms with Crippen LogP contribution in [0.4, 0.5) is 11.4 Å². The van der Waals surface area contributed by atoms with Gasteiger partial charge in [-0.05, 0) is 54.7 Å². The summed E-state index contributed by atoms with van der Waals surface area (Å²) in [7, 11) is 1.41. The quantitative estimate of drug-likeness (QED) is 0.636. The monoisotopic (exact) mass is 318 g/mol. The number of nitrogen functional groups attached to an aromatic ring is 1. The second kappa shape index (κ2) is 7.24. The van der Waals surface area contributed by atoms with E-state index in [4.69, 9.17) is 5.73 Å². The van der Waals surface area contributed by atoms with Crippen LogP contribution in [0.3, 0.4) is 0 Å². The molecule has 4 heteroatoms. The second-order valence-corrected chi connectivity index (χ2v) is 7.75. The van der Waals surface area contributed by atoms with Crippen molar-refractivity contribution in [3.05, 3.63) is 23.8 Å². The molecule has 128 valence electrons. The molecular weight excluding hydrogens is 288 g/mol. The maximum atomic E-state index is 11.2. The molecular formula is C19H30N2O2. The zero-order chi connectivity index (χ0) is 17.0. The van der Waals surface area contributed by atoms with Crippen molar-refractivity contribution in [3.8, 4) is 0 Å². The fourth-order valence-electron chi connectivity index (χ4n) is 3.92. The number of carbonyl (C=O) groups excluding carboxylic acids is 1. The van der Waals surface area contributed by atoms with Crippen molar-refractivity contribution in [3.63, 3.8) is 0 Å². The van der Waals surface area contributed by atoms with Gasteiger partial charge >= 0.3 is 5.97 Å².